The number of aryl methyl sites for hydroxylation is 4. The molecule has 2 rings (SSSR count). The van der Waals surface area contributed by atoms with Crippen LogP contribution in [-0.2, 0) is 6.42 Å². The van der Waals surface area contributed by atoms with Crippen LogP contribution in [0.5, 0.6) is 0 Å². The van der Waals surface area contributed by atoms with Gasteiger partial charge in [-0.05, 0) is 45.2 Å². The Hall–Kier alpha value is -1.56. The van der Waals surface area contributed by atoms with Crippen LogP contribution in [0.1, 0.15) is 33.4 Å². The Morgan fingerprint density at radius 3 is 1.12 bits per heavy atom. The van der Waals surface area contributed by atoms with Gasteiger partial charge in [0, 0.05) is 0 Å². The van der Waals surface area contributed by atoms with Gasteiger partial charge < -0.3 is 0 Å². The van der Waals surface area contributed by atoms with Crippen molar-refractivity contribution in [2.24, 2.45) is 0 Å². The summed E-state index contributed by atoms with van der Waals surface area (Å²) >= 11 is 0. The van der Waals surface area contributed by atoms with Gasteiger partial charge in [-0.25, -0.2) is 0 Å². The summed E-state index contributed by atoms with van der Waals surface area (Å²) in [6.07, 6.45) is 1.03. The second-order valence-electron chi connectivity index (χ2n) is 5.17. The van der Waals surface area contributed by atoms with Crippen LogP contribution in [-0.4, -0.2) is 0 Å². The van der Waals surface area contributed by atoms with E-state index in [0.717, 1.165) is 6.42 Å². The molecule has 0 radical (unpaired) electrons. The molecule has 0 N–H and O–H groups in total. The van der Waals surface area contributed by atoms with Gasteiger partial charge in [-0.1, -0.05) is 58.7 Å². The van der Waals surface area contributed by atoms with Crippen molar-refractivity contribution < 1.29 is 0 Å². The molecule has 0 fully saturated rings. The number of hydrogen-bond donors (Lipinski definition) is 0. The van der Waals surface area contributed by atoms with Crippen LogP contribution in [0.25, 0.3) is 0 Å². The van der Waals surface area contributed by atoms with E-state index < -0.39 is 0 Å². The smallest absolute Gasteiger partial charge is 0.00254 e. The lowest BCUT2D eigenvalue weighted by Gasteiger charge is -2.07. The summed E-state index contributed by atoms with van der Waals surface area (Å²) in [5.41, 5.74) is 8.22. The first-order chi connectivity index (χ1) is 8.02. The highest BCUT2D eigenvalue weighted by Gasteiger charge is 2.00. The normalized spacial score (nSPS) is 10.6. The quantitative estimate of drug-likeness (QED) is 0.704. The summed E-state index contributed by atoms with van der Waals surface area (Å²) in [5.74, 6) is 0. The molecule has 0 heterocycles. The Bertz CT molecular complexity index is 446. The van der Waals surface area contributed by atoms with Gasteiger partial charge in [0.1, 0.15) is 0 Å². The minimum Gasteiger partial charge on any atom is -0.0564 e. The summed E-state index contributed by atoms with van der Waals surface area (Å²) in [5, 5.41) is 0. The second-order valence-corrected chi connectivity index (χ2v) is 5.17. The summed E-state index contributed by atoms with van der Waals surface area (Å²) in [6, 6.07) is 13.6. The highest BCUT2D eigenvalue weighted by Crippen LogP contribution is 2.16. The molecule has 0 bridgehead atoms. The zero-order valence-electron chi connectivity index (χ0n) is 11.2. The van der Waals surface area contributed by atoms with Crippen LogP contribution in [0.4, 0.5) is 0 Å². The summed E-state index contributed by atoms with van der Waals surface area (Å²) in [4.78, 5) is 0. The van der Waals surface area contributed by atoms with Crippen LogP contribution in [0.3, 0.4) is 0 Å². The van der Waals surface area contributed by atoms with Gasteiger partial charge in [0.15, 0.2) is 0 Å². The molecule has 2 aromatic carbocycles. The van der Waals surface area contributed by atoms with Gasteiger partial charge in [0.2, 0.25) is 0 Å². The Labute approximate surface area is 104 Å². The fourth-order valence-electron chi connectivity index (χ4n) is 2.58. The molecule has 88 valence electrons. The topological polar surface area (TPSA) is 0 Å². The molecule has 0 aromatic heterocycles. The first kappa shape index (κ1) is 11.9. The van der Waals surface area contributed by atoms with Crippen LogP contribution in [0, 0.1) is 27.7 Å². The number of rotatable bonds is 2. The van der Waals surface area contributed by atoms with Crippen molar-refractivity contribution in [1.82, 2.24) is 0 Å². The van der Waals surface area contributed by atoms with E-state index in [4.69, 9.17) is 0 Å². The first-order valence-corrected chi connectivity index (χ1v) is 6.17. The third kappa shape index (κ3) is 3.20. The van der Waals surface area contributed by atoms with Gasteiger partial charge in [-0.15, -0.1) is 0 Å². The molecule has 2 aromatic rings. The average Bonchev–Trinajstić information content (AvgIpc) is 2.13. The second kappa shape index (κ2) is 4.75. The van der Waals surface area contributed by atoms with Crippen LogP contribution in [0.2, 0.25) is 0 Å². The van der Waals surface area contributed by atoms with Crippen LogP contribution >= 0.6 is 0 Å². The molecular weight excluding hydrogens is 204 g/mol. The SMILES string of the molecule is Cc1cc(C)cc(Cc2cc(C)cc(C)c2)c1. The molecule has 0 aliphatic heterocycles. The molecule has 0 nitrogen and oxygen atoms in total. The summed E-state index contributed by atoms with van der Waals surface area (Å²) in [6.45, 7) is 8.66. The Balaban J connectivity index is 2.31. The molecule has 0 aliphatic carbocycles. The maximum absolute atomic E-state index is 2.28. The van der Waals surface area contributed by atoms with E-state index in [1.165, 1.54) is 33.4 Å². The molecule has 0 saturated heterocycles. The summed E-state index contributed by atoms with van der Waals surface area (Å²) in [7, 11) is 0. The van der Waals surface area contributed by atoms with Crippen molar-refractivity contribution in [3.63, 3.8) is 0 Å². The lowest BCUT2D eigenvalue weighted by atomic mass is 9.98. The molecule has 0 unspecified atom stereocenters. The fourth-order valence-corrected chi connectivity index (χ4v) is 2.58. The van der Waals surface area contributed by atoms with Crippen molar-refractivity contribution >= 4 is 0 Å². The van der Waals surface area contributed by atoms with E-state index in [1.807, 2.05) is 0 Å². The largest absolute Gasteiger partial charge is 0.0564 e. The predicted octanol–water partition coefficient (Wildman–Crippen LogP) is 4.51. The van der Waals surface area contributed by atoms with E-state index in [-0.39, 0.29) is 0 Å². The maximum Gasteiger partial charge on any atom is -0.00254 e. The van der Waals surface area contributed by atoms with Crippen molar-refractivity contribution in [1.29, 1.82) is 0 Å². The van der Waals surface area contributed by atoms with E-state index in [9.17, 15) is 0 Å². The fraction of sp³-hybridized carbons (Fsp3) is 0.294. The molecular formula is C17H20. The molecule has 0 aliphatic rings. The lowest BCUT2D eigenvalue weighted by molar-refractivity contribution is 1.15. The van der Waals surface area contributed by atoms with E-state index in [1.54, 1.807) is 0 Å². The standard InChI is InChI=1S/C17H20/c1-12-5-13(2)8-16(7-12)11-17-9-14(3)6-15(4)10-17/h5-10H,11H2,1-4H3. The molecule has 0 spiro atoms. The predicted molar refractivity (Wildman–Crippen MR) is 74.6 cm³/mol. The van der Waals surface area contributed by atoms with Gasteiger partial charge >= 0.3 is 0 Å². The highest BCUT2D eigenvalue weighted by atomic mass is 14.1. The Kier molecular flexibility index (Phi) is 3.33. The first-order valence-electron chi connectivity index (χ1n) is 6.17. The Morgan fingerprint density at radius 1 is 0.529 bits per heavy atom. The minimum absolute atomic E-state index is 1.03. The van der Waals surface area contributed by atoms with Crippen molar-refractivity contribution in [3.8, 4) is 0 Å². The van der Waals surface area contributed by atoms with Gasteiger partial charge in [0.25, 0.3) is 0 Å². The van der Waals surface area contributed by atoms with Gasteiger partial charge in [0.05, 0.1) is 0 Å². The maximum atomic E-state index is 2.28. The van der Waals surface area contributed by atoms with Crippen LogP contribution in [0.15, 0.2) is 36.4 Å². The number of hydrogen-bond acceptors (Lipinski definition) is 0. The Morgan fingerprint density at radius 2 is 0.824 bits per heavy atom. The molecule has 0 saturated carbocycles. The van der Waals surface area contributed by atoms with Crippen molar-refractivity contribution in [2.45, 2.75) is 34.1 Å². The molecule has 17 heavy (non-hydrogen) atoms. The van der Waals surface area contributed by atoms with Crippen LogP contribution < -0.4 is 0 Å². The highest BCUT2D eigenvalue weighted by molar-refractivity contribution is 5.35. The van der Waals surface area contributed by atoms with Gasteiger partial charge in [-0.3, -0.25) is 0 Å². The van der Waals surface area contributed by atoms with Crippen molar-refractivity contribution in [2.75, 3.05) is 0 Å². The average molecular weight is 224 g/mol. The summed E-state index contributed by atoms with van der Waals surface area (Å²) < 4.78 is 0. The number of benzene rings is 2. The molecule has 0 heteroatoms. The van der Waals surface area contributed by atoms with E-state index in [2.05, 4.69) is 64.1 Å². The van der Waals surface area contributed by atoms with Crippen molar-refractivity contribution in [3.05, 3.63) is 69.8 Å². The third-order valence-electron chi connectivity index (χ3n) is 2.97. The van der Waals surface area contributed by atoms with E-state index in [0.29, 0.717) is 0 Å². The lowest BCUT2D eigenvalue weighted by Crippen LogP contribution is -1.92. The molecule has 0 amide bonds. The van der Waals surface area contributed by atoms with Gasteiger partial charge in [-0.2, -0.15) is 0 Å². The minimum atomic E-state index is 1.03. The third-order valence-corrected chi connectivity index (χ3v) is 2.97. The molecule has 0 atom stereocenters. The zero-order chi connectivity index (χ0) is 12.4. The zero-order valence-corrected chi connectivity index (χ0v) is 11.2. The van der Waals surface area contributed by atoms with E-state index >= 15 is 0 Å². The monoisotopic (exact) mass is 224 g/mol.